The zero-order valence-electron chi connectivity index (χ0n) is 14.9. The number of sulfonamides is 1. The third-order valence-corrected chi connectivity index (χ3v) is 5.81. The Balaban J connectivity index is 1.81. The molecule has 1 N–H and O–H groups in total. The molecule has 0 bridgehead atoms. The normalized spacial score (nSPS) is 14.2. The molecule has 0 aliphatic heterocycles. The van der Waals surface area contributed by atoms with Crippen molar-refractivity contribution >= 4 is 15.9 Å². The molecule has 0 spiro atoms. The van der Waals surface area contributed by atoms with Crippen molar-refractivity contribution in [2.24, 2.45) is 0 Å². The Labute approximate surface area is 155 Å². The van der Waals surface area contributed by atoms with Gasteiger partial charge in [-0.1, -0.05) is 43.3 Å². The first-order chi connectivity index (χ1) is 12.5. The number of carbonyl (C=O) groups excluding carboxylic acids is 1. The van der Waals surface area contributed by atoms with Crippen LogP contribution in [0.5, 0.6) is 0 Å². The van der Waals surface area contributed by atoms with E-state index in [1.165, 1.54) is 12.1 Å². The first kappa shape index (κ1) is 18.6. The zero-order chi connectivity index (χ0) is 18.6. The standard InChI is InChI=1S/C20H24N2O3S/c1-2-13-22(15-16-7-4-3-5-8-16)20(23)17-9-6-10-19(14-17)26(24,25)21-18-11-12-18/h3-10,14,18,21H,2,11-13,15H2,1H3. The highest BCUT2D eigenvalue weighted by molar-refractivity contribution is 7.89. The lowest BCUT2D eigenvalue weighted by molar-refractivity contribution is 0.0743. The van der Waals surface area contributed by atoms with Crippen LogP contribution in [0.4, 0.5) is 0 Å². The van der Waals surface area contributed by atoms with E-state index in [1.807, 2.05) is 37.3 Å². The van der Waals surface area contributed by atoms with Gasteiger partial charge in [-0.25, -0.2) is 13.1 Å². The highest BCUT2D eigenvalue weighted by Gasteiger charge is 2.28. The predicted molar refractivity (Wildman–Crippen MR) is 101 cm³/mol. The quantitative estimate of drug-likeness (QED) is 0.774. The SMILES string of the molecule is CCCN(Cc1ccccc1)C(=O)c1cccc(S(=O)(=O)NC2CC2)c1. The van der Waals surface area contributed by atoms with Crippen LogP contribution in [-0.4, -0.2) is 31.8 Å². The molecule has 1 amide bonds. The van der Waals surface area contributed by atoms with Crippen LogP contribution in [0.3, 0.4) is 0 Å². The summed E-state index contributed by atoms with van der Waals surface area (Å²) in [7, 11) is -3.57. The Kier molecular flexibility index (Phi) is 5.74. The van der Waals surface area contributed by atoms with E-state index < -0.39 is 10.0 Å². The van der Waals surface area contributed by atoms with Crippen molar-refractivity contribution in [1.29, 1.82) is 0 Å². The molecule has 1 aliphatic rings. The lowest BCUT2D eigenvalue weighted by Crippen LogP contribution is -2.31. The zero-order valence-corrected chi connectivity index (χ0v) is 15.7. The average molecular weight is 372 g/mol. The fourth-order valence-electron chi connectivity index (χ4n) is 2.79. The summed E-state index contributed by atoms with van der Waals surface area (Å²) in [5.74, 6) is -0.154. The number of amides is 1. The van der Waals surface area contributed by atoms with Gasteiger partial charge in [-0.3, -0.25) is 4.79 Å². The second-order valence-corrected chi connectivity index (χ2v) is 8.35. The molecular formula is C20H24N2O3S. The molecule has 0 unspecified atom stereocenters. The maximum atomic E-state index is 13.0. The molecule has 1 saturated carbocycles. The number of hydrogen-bond donors (Lipinski definition) is 1. The molecule has 1 aliphatic carbocycles. The second kappa shape index (κ2) is 8.01. The van der Waals surface area contributed by atoms with Gasteiger partial charge in [0.25, 0.3) is 5.91 Å². The van der Waals surface area contributed by atoms with Crippen LogP contribution >= 0.6 is 0 Å². The first-order valence-electron chi connectivity index (χ1n) is 8.95. The average Bonchev–Trinajstić information content (AvgIpc) is 3.45. The molecule has 0 aromatic heterocycles. The molecule has 1 fully saturated rings. The van der Waals surface area contributed by atoms with Gasteiger partial charge in [-0.2, -0.15) is 0 Å². The molecule has 2 aromatic rings. The summed E-state index contributed by atoms with van der Waals surface area (Å²) >= 11 is 0. The fraction of sp³-hybridized carbons (Fsp3) is 0.350. The minimum Gasteiger partial charge on any atom is -0.334 e. The van der Waals surface area contributed by atoms with Gasteiger partial charge in [0.2, 0.25) is 10.0 Å². The van der Waals surface area contributed by atoms with Gasteiger partial charge in [0, 0.05) is 24.7 Å². The van der Waals surface area contributed by atoms with Crippen molar-refractivity contribution in [3.63, 3.8) is 0 Å². The third kappa shape index (κ3) is 4.71. The molecule has 0 saturated heterocycles. The monoisotopic (exact) mass is 372 g/mol. The van der Waals surface area contributed by atoms with Gasteiger partial charge in [-0.15, -0.1) is 0 Å². The van der Waals surface area contributed by atoms with E-state index in [0.29, 0.717) is 18.7 Å². The molecule has 0 atom stereocenters. The second-order valence-electron chi connectivity index (χ2n) is 6.64. The molecule has 5 nitrogen and oxygen atoms in total. The van der Waals surface area contributed by atoms with E-state index in [1.54, 1.807) is 17.0 Å². The maximum absolute atomic E-state index is 13.0. The molecule has 26 heavy (non-hydrogen) atoms. The van der Waals surface area contributed by atoms with E-state index in [0.717, 1.165) is 24.8 Å². The summed E-state index contributed by atoms with van der Waals surface area (Å²) in [5.41, 5.74) is 1.45. The number of carbonyl (C=O) groups is 1. The van der Waals surface area contributed by atoms with E-state index >= 15 is 0 Å². The van der Waals surface area contributed by atoms with Gasteiger partial charge in [0.15, 0.2) is 0 Å². The summed E-state index contributed by atoms with van der Waals surface area (Å²) in [6.45, 7) is 3.14. The molecule has 0 heterocycles. The first-order valence-corrected chi connectivity index (χ1v) is 10.4. The van der Waals surface area contributed by atoms with E-state index in [9.17, 15) is 13.2 Å². The van der Waals surface area contributed by atoms with Crippen LogP contribution in [0.25, 0.3) is 0 Å². The highest BCUT2D eigenvalue weighted by Crippen LogP contribution is 2.23. The lowest BCUT2D eigenvalue weighted by atomic mass is 10.1. The van der Waals surface area contributed by atoms with Crippen molar-refractivity contribution in [3.05, 3.63) is 65.7 Å². The third-order valence-electron chi connectivity index (χ3n) is 4.29. The highest BCUT2D eigenvalue weighted by atomic mass is 32.2. The van der Waals surface area contributed by atoms with E-state index in [-0.39, 0.29) is 16.8 Å². The lowest BCUT2D eigenvalue weighted by Gasteiger charge is -2.22. The number of hydrogen-bond acceptors (Lipinski definition) is 3. The Morgan fingerprint density at radius 3 is 2.50 bits per heavy atom. The summed E-state index contributed by atoms with van der Waals surface area (Å²) in [5, 5.41) is 0. The molecular weight excluding hydrogens is 348 g/mol. The number of benzene rings is 2. The van der Waals surface area contributed by atoms with Gasteiger partial charge in [-0.05, 0) is 43.0 Å². The Morgan fingerprint density at radius 2 is 1.85 bits per heavy atom. The summed E-state index contributed by atoms with van der Waals surface area (Å²) in [6, 6.07) is 16.1. The van der Waals surface area contributed by atoms with E-state index in [2.05, 4.69) is 4.72 Å². The Hall–Kier alpha value is -2.18. The maximum Gasteiger partial charge on any atom is 0.254 e. The minimum absolute atomic E-state index is 0.0361. The van der Waals surface area contributed by atoms with Crippen LogP contribution in [0, 0.1) is 0 Å². The summed E-state index contributed by atoms with van der Waals surface area (Å²) in [6.07, 6.45) is 2.58. The van der Waals surface area contributed by atoms with Gasteiger partial charge >= 0.3 is 0 Å². The van der Waals surface area contributed by atoms with Crippen LogP contribution in [-0.2, 0) is 16.6 Å². The molecule has 0 radical (unpaired) electrons. The van der Waals surface area contributed by atoms with Crippen molar-refractivity contribution in [2.75, 3.05) is 6.54 Å². The van der Waals surface area contributed by atoms with Crippen LogP contribution in [0.2, 0.25) is 0 Å². The van der Waals surface area contributed by atoms with Crippen molar-refractivity contribution in [1.82, 2.24) is 9.62 Å². The molecule has 6 heteroatoms. The van der Waals surface area contributed by atoms with Crippen molar-refractivity contribution in [3.8, 4) is 0 Å². The summed E-state index contributed by atoms with van der Waals surface area (Å²) < 4.78 is 27.5. The van der Waals surface area contributed by atoms with Crippen molar-refractivity contribution < 1.29 is 13.2 Å². The molecule has 138 valence electrons. The minimum atomic E-state index is -3.57. The van der Waals surface area contributed by atoms with Gasteiger partial charge in [0.05, 0.1) is 4.90 Å². The molecule has 2 aromatic carbocycles. The summed E-state index contributed by atoms with van der Waals surface area (Å²) in [4.78, 5) is 14.9. The van der Waals surface area contributed by atoms with Crippen molar-refractivity contribution in [2.45, 2.75) is 43.7 Å². The Bertz CT molecular complexity index is 862. The molecule has 3 rings (SSSR count). The van der Waals surface area contributed by atoms with Crippen LogP contribution < -0.4 is 4.72 Å². The van der Waals surface area contributed by atoms with E-state index in [4.69, 9.17) is 0 Å². The number of rotatable bonds is 8. The van der Waals surface area contributed by atoms with Gasteiger partial charge in [0.1, 0.15) is 0 Å². The van der Waals surface area contributed by atoms with Crippen LogP contribution in [0.15, 0.2) is 59.5 Å². The Morgan fingerprint density at radius 1 is 1.12 bits per heavy atom. The van der Waals surface area contributed by atoms with Gasteiger partial charge < -0.3 is 4.90 Å². The largest absolute Gasteiger partial charge is 0.334 e. The predicted octanol–water partition coefficient (Wildman–Crippen LogP) is 3.18. The topological polar surface area (TPSA) is 66.5 Å². The number of nitrogens with one attached hydrogen (secondary N) is 1. The van der Waals surface area contributed by atoms with Crippen LogP contribution in [0.1, 0.15) is 42.1 Å². The smallest absolute Gasteiger partial charge is 0.254 e. The fourth-order valence-corrected chi connectivity index (χ4v) is 4.14. The number of nitrogens with zero attached hydrogens (tertiary/aromatic N) is 1.